The molecule has 2 amide bonds. The van der Waals surface area contributed by atoms with Crippen LogP contribution in [0.1, 0.15) is 20.3 Å². The number of hydrogen-bond acceptors (Lipinski definition) is 4. The summed E-state index contributed by atoms with van der Waals surface area (Å²) in [4.78, 5) is 27.1. The third-order valence-electron chi connectivity index (χ3n) is 2.30. The molecule has 3 N–H and O–H groups in total. The van der Waals surface area contributed by atoms with E-state index in [1.165, 1.54) is 0 Å². The van der Waals surface area contributed by atoms with Gasteiger partial charge in [-0.2, -0.15) is 0 Å². The van der Waals surface area contributed by atoms with Crippen LogP contribution >= 0.6 is 0 Å². The average Bonchev–Trinajstić information content (AvgIpc) is 2.61. The third kappa shape index (κ3) is 3.85. The lowest BCUT2D eigenvalue weighted by atomic mass is 10.2. The highest BCUT2D eigenvalue weighted by atomic mass is 16.7. The Morgan fingerprint density at radius 3 is 3.00 bits per heavy atom. The summed E-state index contributed by atoms with van der Waals surface area (Å²) < 4.78 is 0. The van der Waals surface area contributed by atoms with Crippen molar-refractivity contribution in [3.63, 3.8) is 0 Å². The van der Waals surface area contributed by atoms with E-state index in [1.807, 2.05) is 13.8 Å². The minimum absolute atomic E-state index is 0.188. The molecule has 1 rings (SSSR count). The Morgan fingerprint density at radius 2 is 2.47 bits per heavy atom. The van der Waals surface area contributed by atoms with Crippen LogP contribution in [0.5, 0.6) is 0 Å². The molecule has 6 heteroatoms. The van der Waals surface area contributed by atoms with Crippen molar-refractivity contribution in [1.29, 1.82) is 0 Å². The highest BCUT2D eigenvalue weighted by molar-refractivity contribution is 5.88. The van der Waals surface area contributed by atoms with E-state index in [-0.39, 0.29) is 25.0 Å². The Hall–Kier alpha value is -1.14. The summed E-state index contributed by atoms with van der Waals surface area (Å²) in [7, 11) is 0. The molecule has 1 unspecified atom stereocenters. The topological polar surface area (TPSA) is 79.5 Å². The Balaban J connectivity index is 2.21. The van der Waals surface area contributed by atoms with E-state index in [9.17, 15) is 9.59 Å². The molecule has 1 heterocycles. The first-order chi connectivity index (χ1) is 7.13. The summed E-state index contributed by atoms with van der Waals surface area (Å²) in [6, 6.07) is -0.263. The summed E-state index contributed by atoms with van der Waals surface area (Å²) >= 11 is 0. The maximum atomic E-state index is 11.4. The van der Waals surface area contributed by atoms with E-state index in [2.05, 4.69) is 21.0 Å². The van der Waals surface area contributed by atoms with Crippen LogP contribution in [-0.4, -0.2) is 37.0 Å². The predicted molar refractivity (Wildman–Crippen MR) is 53.8 cm³/mol. The molecule has 1 aliphatic heterocycles. The Morgan fingerprint density at radius 1 is 1.73 bits per heavy atom. The summed E-state index contributed by atoms with van der Waals surface area (Å²) in [5.41, 5.74) is 2.18. The molecule has 0 bridgehead atoms. The van der Waals surface area contributed by atoms with Crippen molar-refractivity contribution in [1.82, 2.24) is 16.1 Å². The van der Waals surface area contributed by atoms with Gasteiger partial charge < -0.3 is 10.6 Å². The van der Waals surface area contributed by atoms with Crippen molar-refractivity contribution in [3.05, 3.63) is 0 Å². The van der Waals surface area contributed by atoms with Crippen LogP contribution in [0.25, 0.3) is 0 Å². The third-order valence-corrected chi connectivity index (χ3v) is 2.30. The van der Waals surface area contributed by atoms with E-state index in [4.69, 9.17) is 0 Å². The van der Waals surface area contributed by atoms with Gasteiger partial charge in [-0.3, -0.25) is 14.4 Å². The lowest BCUT2D eigenvalue weighted by molar-refractivity contribution is -0.128. The van der Waals surface area contributed by atoms with E-state index >= 15 is 0 Å². The molecule has 1 fully saturated rings. The summed E-state index contributed by atoms with van der Waals surface area (Å²) in [6.07, 6.45) is 0.959. The molecule has 6 nitrogen and oxygen atoms in total. The SMILES string of the molecule is CCC(C)NCC(=O)N[C@@H]1CONC1=O. The van der Waals surface area contributed by atoms with Gasteiger partial charge in [0.15, 0.2) is 0 Å². The zero-order valence-electron chi connectivity index (χ0n) is 9.00. The highest BCUT2D eigenvalue weighted by Crippen LogP contribution is 1.93. The predicted octanol–water partition coefficient (Wildman–Crippen LogP) is -1.08. The molecule has 0 radical (unpaired) electrons. The second kappa shape index (κ2) is 5.67. The molecule has 0 aliphatic carbocycles. The van der Waals surface area contributed by atoms with Crippen LogP contribution in [-0.2, 0) is 14.4 Å². The van der Waals surface area contributed by atoms with Crippen LogP contribution in [0.15, 0.2) is 0 Å². The molecule has 1 saturated heterocycles. The first-order valence-electron chi connectivity index (χ1n) is 5.08. The van der Waals surface area contributed by atoms with E-state index < -0.39 is 6.04 Å². The van der Waals surface area contributed by atoms with Crippen LogP contribution in [0, 0.1) is 0 Å². The number of rotatable bonds is 5. The molecule has 0 aromatic carbocycles. The number of carbonyl (C=O) groups excluding carboxylic acids is 2. The zero-order valence-corrected chi connectivity index (χ0v) is 9.00. The van der Waals surface area contributed by atoms with Gasteiger partial charge in [0, 0.05) is 6.04 Å². The van der Waals surface area contributed by atoms with E-state index in [1.54, 1.807) is 0 Å². The average molecular weight is 215 g/mol. The van der Waals surface area contributed by atoms with Gasteiger partial charge in [-0.1, -0.05) is 6.92 Å². The number of amides is 2. The summed E-state index contributed by atoms with van der Waals surface area (Å²) in [5.74, 6) is -0.493. The van der Waals surface area contributed by atoms with Gasteiger partial charge >= 0.3 is 0 Å². The van der Waals surface area contributed by atoms with Crippen molar-refractivity contribution in [2.75, 3.05) is 13.2 Å². The molecular weight excluding hydrogens is 198 g/mol. The normalized spacial score (nSPS) is 22.3. The fourth-order valence-electron chi connectivity index (χ4n) is 1.11. The summed E-state index contributed by atoms with van der Waals surface area (Å²) in [6.45, 7) is 4.44. The maximum absolute atomic E-state index is 11.4. The van der Waals surface area contributed by atoms with Crippen molar-refractivity contribution in [2.45, 2.75) is 32.4 Å². The van der Waals surface area contributed by atoms with Crippen LogP contribution in [0.2, 0.25) is 0 Å². The number of hydroxylamine groups is 1. The first kappa shape index (κ1) is 11.9. The fraction of sp³-hybridized carbons (Fsp3) is 0.778. The van der Waals surface area contributed by atoms with Gasteiger partial charge in [0.1, 0.15) is 12.6 Å². The van der Waals surface area contributed by atoms with Crippen molar-refractivity contribution >= 4 is 11.8 Å². The summed E-state index contributed by atoms with van der Waals surface area (Å²) in [5, 5.41) is 5.61. The number of nitrogens with one attached hydrogen (secondary N) is 3. The monoisotopic (exact) mass is 215 g/mol. The van der Waals surface area contributed by atoms with Crippen molar-refractivity contribution in [3.8, 4) is 0 Å². The van der Waals surface area contributed by atoms with Gasteiger partial charge in [0.05, 0.1) is 6.54 Å². The van der Waals surface area contributed by atoms with Crippen molar-refractivity contribution < 1.29 is 14.4 Å². The van der Waals surface area contributed by atoms with Gasteiger partial charge in [-0.25, -0.2) is 5.48 Å². The van der Waals surface area contributed by atoms with Gasteiger partial charge in [0.2, 0.25) is 5.91 Å². The molecule has 0 saturated carbocycles. The maximum Gasteiger partial charge on any atom is 0.268 e. The number of carbonyl (C=O) groups is 2. The minimum atomic E-state index is -0.559. The fourth-order valence-corrected chi connectivity index (χ4v) is 1.11. The largest absolute Gasteiger partial charge is 0.341 e. The highest BCUT2D eigenvalue weighted by Gasteiger charge is 2.26. The molecule has 0 spiro atoms. The standard InChI is InChI=1S/C9H17N3O3/c1-3-6(2)10-4-8(13)11-7-5-15-12-9(7)14/h6-7,10H,3-5H2,1-2H3,(H,11,13)(H,12,14)/t6?,7-/m1/s1. The Labute approximate surface area is 88.7 Å². The number of hydrogen-bond donors (Lipinski definition) is 3. The van der Waals surface area contributed by atoms with Gasteiger partial charge in [-0.05, 0) is 13.3 Å². The molecule has 86 valence electrons. The van der Waals surface area contributed by atoms with Crippen LogP contribution in [0.4, 0.5) is 0 Å². The van der Waals surface area contributed by atoms with Gasteiger partial charge in [0.25, 0.3) is 5.91 Å². The lowest BCUT2D eigenvalue weighted by Gasteiger charge is -2.12. The second-order valence-electron chi connectivity index (χ2n) is 3.59. The van der Waals surface area contributed by atoms with Crippen LogP contribution in [0.3, 0.4) is 0 Å². The van der Waals surface area contributed by atoms with Gasteiger partial charge in [-0.15, -0.1) is 0 Å². The zero-order chi connectivity index (χ0) is 11.3. The second-order valence-corrected chi connectivity index (χ2v) is 3.59. The molecule has 0 aromatic heterocycles. The first-order valence-corrected chi connectivity index (χ1v) is 5.08. The van der Waals surface area contributed by atoms with E-state index in [0.29, 0.717) is 6.04 Å². The molecule has 1 aliphatic rings. The lowest BCUT2D eigenvalue weighted by Crippen LogP contribution is -2.46. The molecule has 0 aromatic rings. The smallest absolute Gasteiger partial charge is 0.268 e. The minimum Gasteiger partial charge on any atom is -0.341 e. The Bertz CT molecular complexity index is 245. The van der Waals surface area contributed by atoms with E-state index in [0.717, 1.165) is 6.42 Å². The molecule has 15 heavy (non-hydrogen) atoms. The quantitative estimate of drug-likeness (QED) is 0.545. The molecule has 2 atom stereocenters. The Kier molecular flexibility index (Phi) is 4.51. The molecular formula is C9H17N3O3. The van der Waals surface area contributed by atoms with Crippen LogP contribution < -0.4 is 16.1 Å². The van der Waals surface area contributed by atoms with Crippen molar-refractivity contribution in [2.24, 2.45) is 0 Å².